The maximum atomic E-state index is 5.41. The number of aromatic nitrogens is 2. The van der Waals surface area contributed by atoms with Gasteiger partial charge in [-0.3, -0.25) is 4.68 Å². The normalized spacial score (nSPS) is 10.4. The summed E-state index contributed by atoms with van der Waals surface area (Å²) in [5.41, 5.74) is 6.51. The summed E-state index contributed by atoms with van der Waals surface area (Å²) < 4.78 is 1.80. The molecule has 0 fully saturated rings. The Hall–Kier alpha value is -1.03. The molecule has 0 unspecified atom stereocenters. The second kappa shape index (κ2) is 6.43. The fraction of sp³-hybridized carbons (Fsp3) is 0.700. The third-order valence-electron chi connectivity index (χ3n) is 2.16. The van der Waals surface area contributed by atoms with Crippen LogP contribution in [-0.2, 0) is 7.05 Å². The zero-order valence-corrected chi connectivity index (χ0v) is 8.87. The molecule has 1 heterocycles. The van der Waals surface area contributed by atoms with Crippen LogP contribution in [-0.4, -0.2) is 22.9 Å². The molecule has 1 rings (SSSR count). The zero-order valence-electron chi connectivity index (χ0n) is 8.87. The van der Waals surface area contributed by atoms with E-state index in [9.17, 15) is 0 Å². The van der Waals surface area contributed by atoms with Crippen LogP contribution >= 0.6 is 0 Å². The standard InChI is InChI=1S/C10H20N4/c1-14-9-10(8-13-14)12-7-5-3-2-4-6-11/h8-9,12H,2-7,11H2,1H3. The van der Waals surface area contributed by atoms with Crippen LogP contribution in [0.5, 0.6) is 0 Å². The third-order valence-corrected chi connectivity index (χ3v) is 2.16. The first kappa shape index (κ1) is 11.0. The van der Waals surface area contributed by atoms with E-state index in [1.165, 1.54) is 19.3 Å². The smallest absolute Gasteiger partial charge is 0.0726 e. The summed E-state index contributed by atoms with van der Waals surface area (Å²) in [6.07, 6.45) is 8.68. The van der Waals surface area contributed by atoms with E-state index < -0.39 is 0 Å². The van der Waals surface area contributed by atoms with Gasteiger partial charge < -0.3 is 11.1 Å². The minimum absolute atomic E-state index is 0.816. The van der Waals surface area contributed by atoms with Gasteiger partial charge in [0, 0.05) is 19.8 Å². The molecular weight excluding hydrogens is 176 g/mol. The number of rotatable bonds is 7. The SMILES string of the molecule is Cn1cc(NCCCCCCN)cn1. The van der Waals surface area contributed by atoms with Crippen molar-refractivity contribution in [2.24, 2.45) is 12.8 Å². The van der Waals surface area contributed by atoms with Gasteiger partial charge in [-0.15, -0.1) is 0 Å². The van der Waals surface area contributed by atoms with Crippen LogP contribution < -0.4 is 11.1 Å². The van der Waals surface area contributed by atoms with Crippen molar-refractivity contribution >= 4 is 5.69 Å². The predicted molar refractivity (Wildman–Crippen MR) is 59.2 cm³/mol. The average molecular weight is 196 g/mol. The lowest BCUT2D eigenvalue weighted by molar-refractivity contribution is 0.661. The van der Waals surface area contributed by atoms with Gasteiger partial charge in [-0.25, -0.2) is 0 Å². The zero-order chi connectivity index (χ0) is 10.2. The number of aryl methyl sites for hydroxylation is 1. The molecule has 4 heteroatoms. The molecule has 0 radical (unpaired) electrons. The Balaban J connectivity index is 1.99. The molecule has 0 amide bonds. The number of hydrogen-bond donors (Lipinski definition) is 2. The molecule has 80 valence electrons. The van der Waals surface area contributed by atoms with Gasteiger partial charge in [0.2, 0.25) is 0 Å². The Morgan fingerprint density at radius 2 is 2.14 bits per heavy atom. The molecule has 0 spiro atoms. The highest BCUT2D eigenvalue weighted by Gasteiger charge is 1.93. The number of nitrogens with one attached hydrogen (secondary N) is 1. The molecule has 1 aromatic rings. The summed E-state index contributed by atoms with van der Waals surface area (Å²) in [6, 6.07) is 0. The molecular formula is C10H20N4. The Labute approximate surface area is 85.5 Å². The maximum Gasteiger partial charge on any atom is 0.0726 e. The van der Waals surface area contributed by atoms with Crippen molar-refractivity contribution in [1.82, 2.24) is 9.78 Å². The number of nitrogens with two attached hydrogens (primary N) is 1. The molecule has 0 saturated carbocycles. The molecule has 4 nitrogen and oxygen atoms in total. The largest absolute Gasteiger partial charge is 0.383 e. The van der Waals surface area contributed by atoms with E-state index in [-0.39, 0.29) is 0 Å². The van der Waals surface area contributed by atoms with Crippen LogP contribution in [0.3, 0.4) is 0 Å². The highest BCUT2D eigenvalue weighted by atomic mass is 15.3. The van der Waals surface area contributed by atoms with Crippen molar-refractivity contribution in [2.75, 3.05) is 18.4 Å². The first-order chi connectivity index (χ1) is 6.83. The van der Waals surface area contributed by atoms with E-state index in [2.05, 4.69) is 10.4 Å². The molecule has 0 aliphatic heterocycles. The third kappa shape index (κ3) is 4.28. The molecule has 14 heavy (non-hydrogen) atoms. The number of anilines is 1. The Morgan fingerprint density at radius 1 is 1.36 bits per heavy atom. The highest BCUT2D eigenvalue weighted by Crippen LogP contribution is 2.04. The van der Waals surface area contributed by atoms with Crippen LogP contribution in [0.15, 0.2) is 12.4 Å². The molecule has 0 aromatic carbocycles. The molecule has 1 aromatic heterocycles. The van der Waals surface area contributed by atoms with Gasteiger partial charge in [-0.1, -0.05) is 12.8 Å². The van der Waals surface area contributed by atoms with Crippen molar-refractivity contribution in [2.45, 2.75) is 25.7 Å². The van der Waals surface area contributed by atoms with Crippen LogP contribution in [0.4, 0.5) is 5.69 Å². The second-order valence-corrected chi connectivity index (χ2v) is 3.53. The van der Waals surface area contributed by atoms with E-state index in [0.29, 0.717) is 0 Å². The molecule has 0 bridgehead atoms. The molecule has 0 aliphatic carbocycles. The lowest BCUT2D eigenvalue weighted by atomic mass is 10.2. The summed E-state index contributed by atoms with van der Waals surface area (Å²) in [5, 5.41) is 7.41. The first-order valence-electron chi connectivity index (χ1n) is 5.25. The fourth-order valence-electron chi connectivity index (χ4n) is 1.37. The van der Waals surface area contributed by atoms with E-state index in [1.54, 1.807) is 4.68 Å². The fourth-order valence-corrected chi connectivity index (χ4v) is 1.37. The van der Waals surface area contributed by atoms with Gasteiger partial charge in [0.05, 0.1) is 11.9 Å². The first-order valence-corrected chi connectivity index (χ1v) is 5.25. The number of unbranched alkanes of at least 4 members (excludes halogenated alkanes) is 3. The minimum atomic E-state index is 0.816. The lowest BCUT2D eigenvalue weighted by Gasteiger charge is -2.02. The Bertz CT molecular complexity index is 244. The summed E-state index contributed by atoms with van der Waals surface area (Å²) in [6.45, 7) is 1.84. The van der Waals surface area contributed by atoms with E-state index in [1.807, 2.05) is 19.4 Å². The van der Waals surface area contributed by atoms with Crippen LogP contribution in [0.2, 0.25) is 0 Å². The summed E-state index contributed by atoms with van der Waals surface area (Å²) in [4.78, 5) is 0. The van der Waals surface area contributed by atoms with E-state index in [0.717, 1.165) is 25.2 Å². The molecule has 0 saturated heterocycles. The predicted octanol–water partition coefficient (Wildman–Crippen LogP) is 1.35. The van der Waals surface area contributed by atoms with Gasteiger partial charge in [0.1, 0.15) is 0 Å². The molecule has 0 atom stereocenters. The van der Waals surface area contributed by atoms with Gasteiger partial charge in [0.15, 0.2) is 0 Å². The van der Waals surface area contributed by atoms with Gasteiger partial charge in [-0.05, 0) is 19.4 Å². The average Bonchev–Trinajstić information content (AvgIpc) is 2.58. The number of nitrogens with zero attached hydrogens (tertiary/aromatic N) is 2. The number of hydrogen-bond acceptors (Lipinski definition) is 3. The van der Waals surface area contributed by atoms with Crippen molar-refractivity contribution in [3.63, 3.8) is 0 Å². The van der Waals surface area contributed by atoms with Gasteiger partial charge in [0.25, 0.3) is 0 Å². The van der Waals surface area contributed by atoms with E-state index >= 15 is 0 Å². The topological polar surface area (TPSA) is 55.9 Å². The minimum Gasteiger partial charge on any atom is -0.383 e. The lowest BCUT2D eigenvalue weighted by Crippen LogP contribution is -2.02. The molecule has 3 N–H and O–H groups in total. The van der Waals surface area contributed by atoms with Crippen molar-refractivity contribution in [3.05, 3.63) is 12.4 Å². The maximum absolute atomic E-state index is 5.41. The van der Waals surface area contributed by atoms with Crippen LogP contribution in [0.1, 0.15) is 25.7 Å². The summed E-state index contributed by atoms with van der Waals surface area (Å²) in [7, 11) is 1.92. The van der Waals surface area contributed by atoms with E-state index in [4.69, 9.17) is 5.73 Å². The summed E-state index contributed by atoms with van der Waals surface area (Å²) in [5.74, 6) is 0. The Kier molecular flexibility index (Phi) is 5.07. The van der Waals surface area contributed by atoms with Crippen molar-refractivity contribution in [3.8, 4) is 0 Å². The van der Waals surface area contributed by atoms with Crippen LogP contribution in [0.25, 0.3) is 0 Å². The molecule has 0 aliphatic rings. The van der Waals surface area contributed by atoms with Crippen molar-refractivity contribution < 1.29 is 0 Å². The summed E-state index contributed by atoms with van der Waals surface area (Å²) >= 11 is 0. The second-order valence-electron chi connectivity index (χ2n) is 3.53. The Morgan fingerprint density at radius 3 is 2.79 bits per heavy atom. The highest BCUT2D eigenvalue weighted by molar-refractivity contribution is 5.37. The quantitative estimate of drug-likeness (QED) is 0.647. The van der Waals surface area contributed by atoms with Crippen LogP contribution in [0, 0.1) is 0 Å². The van der Waals surface area contributed by atoms with Gasteiger partial charge >= 0.3 is 0 Å². The van der Waals surface area contributed by atoms with Crippen molar-refractivity contribution in [1.29, 1.82) is 0 Å². The monoisotopic (exact) mass is 196 g/mol. The van der Waals surface area contributed by atoms with Gasteiger partial charge in [-0.2, -0.15) is 5.10 Å².